The Kier molecular flexibility index (Phi) is 9.51. The van der Waals surface area contributed by atoms with Gasteiger partial charge in [-0.2, -0.15) is 0 Å². The molecule has 0 aliphatic rings. The van der Waals surface area contributed by atoms with Crippen LogP contribution in [0.2, 0.25) is 0 Å². The van der Waals surface area contributed by atoms with Crippen LogP contribution in [0, 0.1) is 18.2 Å². The number of hydrogen-bond donors (Lipinski definition) is 0. The molecule has 4 heteroatoms. The van der Waals surface area contributed by atoms with Gasteiger partial charge in [0.05, 0.1) is 0 Å². The van der Waals surface area contributed by atoms with Crippen molar-refractivity contribution in [3.63, 3.8) is 0 Å². The van der Waals surface area contributed by atoms with E-state index >= 15 is 0 Å². The van der Waals surface area contributed by atoms with Gasteiger partial charge in [-0.1, -0.05) is 91.0 Å². The molecule has 0 spiro atoms. The molecule has 29 heavy (non-hydrogen) atoms. The topological polar surface area (TPSA) is 12.9 Å². The molecule has 0 bridgehead atoms. The fourth-order valence-corrected chi connectivity index (χ4v) is 4.93. The zero-order valence-corrected chi connectivity index (χ0v) is 18.5. The molecule has 0 saturated carbocycles. The summed E-state index contributed by atoms with van der Waals surface area (Å²) in [6, 6.07) is 35.0. The summed E-state index contributed by atoms with van der Waals surface area (Å²) in [6.45, 7) is 0. The summed E-state index contributed by atoms with van der Waals surface area (Å²) in [5, 5.41) is 4.19. The second-order valence-corrected chi connectivity index (χ2v) is 8.05. The number of hydrogen-bond acceptors (Lipinski definition) is 1. The van der Waals surface area contributed by atoms with Crippen molar-refractivity contribution in [1.82, 2.24) is 4.98 Å². The number of nitrogens with zero attached hydrogens (tertiary/aromatic N) is 1. The molecule has 4 rings (SSSR count). The fraction of sp³-hybridized carbons (Fsp3) is 0. The molecule has 0 fully saturated rings. The first-order valence-electron chi connectivity index (χ1n) is 8.77. The predicted octanol–water partition coefficient (Wildman–Crippen LogP) is 4.60. The Morgan fingerprint density at radius 3 is 1.38 bits per heavy atom. The molecule has 1 heterocycles. The van der Waals surface area contributed by atoms with Crippen LogP contribution in [0.25, 0.3) is 0 Å². The van der Waals surface area contributed by atoms with Crippen LogP contribution in [0.5, 0.6) is 0 Å². The van der Waals surface area contributed by atoms with E-state index < -0.39 is 13.7 Å². The van der Waals surface area contributed by atoms with E-state index in [0.29, 0.717) is 5.69 Å². The summed E-state index contributed by atoms with van der Waals surface area (Å²) in [6.07, 6.45) is 7.63. The molecule has 0 unspecified atom stereocenters. The number of aromatic nitrogens is 1. The number of rotatable bonds is 3. The first-order valence-corrected chi connectivity index (χ1v) is 10.1. The van der Waals surface area contributed by atoms with E-state index in [-0.39, 0.29) is 22.4 Å². The fourth-order valence-electron chi connectivity index (χ4n) is 2.63. The van der Waals surface area contributed by atoms with Gasteiger partial charge in [-0.25, -0.2) is 4.39 Å². The van der Waals surface area contributed by atoms with Crippen molar-refractivity contribution in [2.24, 2.45) is 0 Å². The molecule has 146 valence electrons. The van der Waals surface area contributed by atoms with Crippen molar-refractivity contribution in [3.8, 4) is 5.92 Å². The van der Waals surface area contributed by atoms with Gasteiger partial charge in [0.2, 0.25) is 0 Å². The molecule has 0 radical (unpaired) electrons. The quantitative estimate of drug-likeness (QED) is 0.150. The molecule has 3 aromatic carbocycles. The summed E-state index contributed by atoms with van der Waals surface area (Å²) in [5.41, 5.74) is 0.344. The molecule has 0 N–H and O–H groups in total. The van der Waals surface area contributed by atoms with Gasteiger partial charge in [0.25, 0.3) is 0 Å². The summed E-state index contributed by atoms with van der Waals surface area (Å²) in [5.74, 6) is 1.63. The maximum Gasteiger partial charge on any atom is 1.00 e. The maximum atomic E-state index is 12.1. The summed E-state index contributed by atoms with van der Waals surface area (Å²) < 4.78 is 12.1. The zero-order valence-electron chi connectivity index (χ0n) is 15.5. The van der Waals surface area contributed by atoms with Crippen LogP contribution in [0.3, 0.4) is 0 Å². The van der Waals surface area contributed by atoms with Gasteiger partial charge in [0, 0.05) is 6.20 Å². The Bertz CT molecular complexity index is 923. The van der Waals surface area contributed by atoms with E-state index in [4.69, 9.17) is 6.42 Å². The molecule has 4 aromatic rings. The van der Waals surface area contributed by atoms with Gasteiger partial charge in [0.15, 0.2) is 0 Å². The van der Waals surface area contributed by atoms with Crippen molar-refractivity contribution >= 4 is 23.8 Å². The van der Waals surface area contributed by atoms with E-state index in [2.05, 4.69) is 96.0 Å². The van der Waals surface area contributed by atoms with Crippen LogP contribution in [0.1, 0.15) is 5.69 Å². The Hall–Kier alpha value is -2.53. The third kappa shape index (κ3) is 6.79. The van der Waals surface area contributed by atoms with Crippen molar-refractivity contribution < 1.29 is 26.8 Å². The average Bonchev–Trinajstić information content (AvgIpc) is 2.77. The average molecular weight is 579 g/mol. The van der Waals surface area contributed by atoms with Crippen molar-refractivity contribution in [1.29, 1.82) is 0 Å². The smallest absolute Gasteiger partial charge is 0.364 e. The van der Waals surface area contributed by atoms with Gasteiger partial charge < -0.3 is 11.4 Å². The summed E-state index contributed by atoms with van der Waals surface area (Å²) in [4.78, 5) is 3.52. The van der Waals surface area contributed by atoms with Gasteiger partial charge in [0.1, 0.15) is 5.82 Å². The van der Waals surface area contributed by atoms with Gasteiger partial charge in [-0.15, -0.1) is 6.07 Å². The number of halogens is 1. The van der Waals surface area contributed by atoms with Crippen LogP contribution in [-0.2, 0) is 22.4 Å². The zero-order chi connectivity index (χ0) is 19.6. The largest absolute Gasteiger partial charge is 1.00 e. The summed E-state index contributed by atoms with van der Waals surface area (Å²) in [7, 11) is -0.446. The third-order valence-electron chi connectivity index (χ3n) is 3.90. The van der Waals surface area contributed by atoms with Crippen LogP contribution < -0.4 is 15.9 Å². The molecule has 0 aliphatic heterocycles. The van der Waals surface area contributed by atoms with E-state index in [9.17, 15) is 4.39 Å². The van der Waals surface area contributed by atoms with E-state index in [1.54, 1.807) is 0 Å². The SMILES string of the molecule is [Au+].[C-]#Cc1ccc(F)cn1.c1ccc(P(c2ccccc2)c2ccccc2)cc1. The molecule has 0 saturated heterocycles. The molecule has 1 nitrogen and oxygen atoms in total. The monoisotopic (exact) mass is 579 g/mol. The van der Waals surface area contributed by atoms with E-state index in [1.807, 2.05) is 5.92 Å². The van der Waals surface area contributed by atoms with Gasteiger partial charge in [-0.3, -0.25) is 5.92 Å². The minimum absolute atomic E-state index is 0. The number of benzene rings is 3. The van der Waals surface area contributed by atoms with Gasteiger partial charge >= 0.3 is 22.4 Å². The number of pyridine rings is 1. The Balaban J connectivity index is 0.000000255. The standard InChI is InChI=1S/C18H15P.C7H3FN.Au/c1-4-10-16(11-5-1)19(17-12-6-2-7-13-17)18-14-8-3-9-15-18;1-2-7-4-3-6(8)5-9-7;/h1-15H;3-5H;/q;-1;+1. The third-order valence-corrected chi connectivity index (χ3v) is 6.34. The van der Waals surface area contributed by atoms with E-state index in [1.165, 1.54) is 28.0 Å². The van der Waals surface area contributed by atoms with Crippen LogP contribution in [0.4, 0.5) is 4.39 Å². The first-order chi connectivity index (χ1) is 13.8. The summed E-state index contributed by atoms with van der Waals surface area (Å²) >= 11 is 0. The van der Waals surface area contributed by atoms with Crippen molar-refractivity contribution in [2.75, 3.05) is 0 Å². The van der Waals surface area contributed by atoms with Crippen LogP contribution in [0.15, 0.2) is 109 Å². The van der Waals surface area contributed by atoms with Crippen LogP contribution >= 0.6 is 7.92 Å². The van der Waals surface area contributed by atoms with E-state index in [0.717, 1.165) is 6.20 Å². The molecule has 1 aromatic heterocycles. The Labute approximate surface area is 188 Å². The minimum Gasteiger partial charge on any atom is -0.364 e. The molecular formula is C25H18AuFNP. The second kappa shape index (κ2) is 12.1. The Morgan fingerprint density at radius 1 is 0.655 bits per heavy atom. The normalized spacial score (nSPS) is 9.55. The Morgan fingerprint density at radius 2 is 1.07 bits per heavy atom. The molecule has 0 atom stereocenters. The second-order valence-electron chi connectivity index (χ2n) is 5.83. The molecular weight excluding hydrogens is 561 g/mol. The maximum absolute atomic E-state index is 12.1. The van der Waals surface area contributed by atoms with Gasteiger partial charge in [-0.05, 0) is 35.6 Å². The van der Waals surface area contributed by atoms with Crippen LogP contribution in [-0.4, -0.2) is 4.98 Å². The minimum atomic E-state index is -0.446. The molecule has 0 aliphatic carbocycles. The predicted molar refractivity (Wildman–Crippen MR) is 116 cm³/mol. The van der Waals surface area contributed by atoms with Crippen molar-refractivity contribution in [3.05, 3.63) is 127 Å². The van der Waals surface area contributed by atoms with Crippen molar-refractivity contribution in [2.45, 2.75) is 0 Å². The first kappa shape index (κ1) is 22.8. The molecule has 0 amide bonds.